The van der Waals surface area contributed by atoms with Crippen molar-refractivity contribution in [2.45, 2.75) is 5.16 Å². The zero-order chi connectivity index (χ0) is 27.5. The Hall–Kier alpha value is -3.93. The van der Waals surface area contributed by atoms with Gasteiger partial charge in [-0.05, 0) is 60.7 Å². The highest BCUT2D eigenvalue weighted by Crippen LogP contribution is 2.31. The third-order valence-corrected chi connectivity index (χ3v) is 8.21. The first-order chi connectivity index (χ1) is 18.9. The van der Waals surface area contributed by atoms with E-state index in [9.17, 15) is 9.59 Å². The van der Waals surface area contributed by atoms with Gasteiger partial charge in [0.1, 0.15) is 10.4 Å². The van der Waals surface area contributed by atoms with E-state index in [1.807, 2.05) is 97.9 Å². The van der Waals surface area contributed by atoms with Crippen molar-refractivity contribution in [2.75, 3.05) is 37.2 Å². The van der Waals surface area contributed by atoms with Crippen molar-refractivity contribution in [2.24, 2.45) is 0 Å². The predicted octanol–water partition coefficient (Wildman–Crippen LogP) is 5.77. The number of nitrogens with zero attached hydrogens (tertiary/aromatic N) is 4. The van der Waals surface area contributed by atoms with Gasteiger partial charge in [-0.15, -0.1) is 0 Å². The number of para-hydroxylation sites is 3. The van der Waals surface area contributed by atoms with Crippen LogP contribution in [-0.2, 0) is 4.79 Å². The van der Waals surface area contributed by atoms with E-state index < -0.39 is 0 Å². The number of carbonyl (C=O) groups is 1. The maximum atomic E-state index is 13.8. The topological polar surface area (TPSA) is 81.4 Å². The van der Waals surface area contributed by atoms with Crippen molar-refractivity contribution in [1.29, 1.82) is 0 Å². The molecule has 0 aliphatic heterocycles. The van der Waals surface area contributed by atoms with Crippen LogP contribution in [0.25, 0.3) is 21.7 Å². The van der Waals surface area contributed by atoms with Crippen LogP contribution < -0.4 is 20.5 Å². The summed E-state index contributed by atoms with van der Waals surface area (Å²) in [6.45, 7) is 0. The number of hydrogen-bond donors (Lipinski definition) is 1. The average molecular weight is 576 g/mol. The SMILES string of the molecule is COc1ccccc1-n1c(=S)sc2c(=O)n(-c3ccccc3)c(SCC(=O)Nc3ccc(N(C)C)cc3)nc21. The number of ether oxygens (including phenoxy) is 1. The molecule has 2 aromatic heterocycles. The molecule has 11 heteroatoms. The molecule has 0 aliphatic rings. The zero-order valence-electron chi connectivity index (χ0n) is 21.5. The Labute approximate surface area is 238 Å². The summed E-state index contributed by atoms with van der Waals surface area (Å²) in [6.07, 6.45) is 0. The number of fused-ring (bicyclic) bond motifs is 1. The summed E-state index contributed by atoms with van der Waals surface area (Å²) >= 11 is 8.06. The van der Waals surface area contributed by atoms with Crippen LogP contribution in [0.5, 0.6) is 5.75 Å². The minimum absolute atomic E-state index is 0.0553. The molecule has 0 unspecified atom stereocenters. The monoisotopic (exact) mass is 575 g/mol. The van der Waals surface area contributed by atoms with E-state index in [0.29, 0.717) is 42.3 Å². The molecule has 0 atom stereocenters. The van der Waals surface area contributed by atoms with Crippen LogP contribution in [0.4, 0.5) is 11.4 Å². The number of aromatic nitrogens is 3. The third-order valence-electron chi connectivity index (χ3n) is 5.92. The van der Waals surface area contributed by atoms with Crippen molar-refractivity contribution >= 4 is 62.9 Å². The molecule has 5 aromatic rings. The normalized spacial score (nSPS) is 10.9. The van der Waals surface area contributed by atoms with Crippen LogP contribution in [0, 0.1) is 3.95 Å². The highest BCUT2D eigenvalue weighted by atomic mass is 32.2. The lowest BCUT2D eigenvalue weighted by atomic mass is 10.2. The van der Waals surface area contributed by atoms with E-state index in [1.165, 1.54) is 27.7 Å². The number of carbonyl (C=O) groups excluding carboxylic acids is 1. The highest BCUT2D eigenvalue weighted by molar-refractivity contribution is 7.99. The molecule has 198 valence electrons. The fourth-order valence-electron chi connectivity index (χ4n) is 4.03. The molecule has 1 amide bonds. The Morgan fingerprint density at radius 1 is 1.03 bits per heavy atom. The summed E-state index contributed by atoms with van der Waals surface area (Å²) in [7, 11) is 5.50. The van der Waals surface area contributed by atoms with Gasteiger partial charge in [0.2, 0.25) is 5.91 Å². The van der Waals surface area contributed by atoms with Crippen LogP contribution in [0.2, 0.25) is 0 Å². The van der Waals surface area contributed by atoms with Crippen LogP contribution in [-0.4, -0.2) is 47.0 Å². The molecule has 39 heavy (non-hydrogen) atoms. The molecule has 2 heterocycles. The maximum Gasteiger partial charge on any atom is 0.278 e. The number of anilines is 2. The van der Waals surface area contributed by atoms with Crippen molar-refractivity contribution < 1.29 is 9.53 Å². The van der Waals surface area contributed by atoms with E-state index in [2.05, 4.69) is 5.32 Å². The van der Waals surface area contributed by atoms with E-state index in [1.54, 1.807) is 11.7 Å². The number of nitrogens with one attached hydrogen (secondary N) is 1. The van der Waals surface area contributed by atoms with Crippen molar-refractivity contribution in [3.05, 3.63) is 93.2 Å². The number of hydrogen-bond acceptors (Lipinski definition) is 8. The molecule has 3 aromatic carbocycles. The van der Waals surface area contributed by atoms with Gasteiger partial charge >= 0.3 is 0 Å². The van der Waals surface area contributed by atoms with E-state index in [-0.39, 0.29) is 17.2 Å². The number of thioether (sulfide) groups is 1. The van der Waals surface area contributed by atoms with Gasteiger partial charge < -0.3 is 15.0 Å². The van der Waals surface area contributed by atoms with Gasteiger partial charge in [0.25, 0.3) is 5.56 Å². The first-order valence-corrected chi connectivity index (χ1v) is 14.2. The second-order valence-electron chi connectivity index (χ2n) is 8.68. The number of thiazole rings is 1. The summed E-state index contributed by atoms with van der Waals surface area (Å²) in [6, 6.07) is 24.3. The van der Waals surface area contributed by atoms with Gasteiger partial charge in [0.15, 0.2) is 14.8 Å². The molecular weight excluding hydrogens is 551 g/mol. The summed E-state index contributed by atoms with van der Waals surface area (Å²) in [5.41, 5.74) is 3.24. The largest absolute Gasteiger partial charge is 0.495 e. The van der Waals surface area contributed by atoms with Gasteiger partial charge in [0, 0.05) is 25.5 Å². The minimum atomic E-state index is -0.252. The highest BCUT2D eigenvalue weighted by Gasteiger charge is 2.21. The van der Waals surface area contributed by atoms with Crippen molar-refractivity contribution in [1.82, 2.24) is 14.1 Å². The first kappa shape index (κ1) is 26.7. The maximum absolute atomic E-state index is 13.8. The molecule has 0 bridgehead atoms. The summed E-state index contributed by atoms with van der Waals surface area (Å²) < 4.78 is 9.72. The lowest BCUT2D eigenvalue weighted by Gasteiger charge is -2.14. The first-order valence-electron chi connectivity index (χ1n) is 11.9. The molecule has 0 fully saturated rings. The number of rotatable bonds is 8. The van der Waals surface area contributed by atoms with Crippen LogP contribution in [0.15, 0.2) is 88.8 Å². The van der Waals surface area contributed by atoms with Gasteiger partial charge in [-0.2, -0.15) is 0 Å². The summed E-state index contributed by atoms with van der Waals surface area (Å²) in [5.74, 6) is 0.453. The van der Waals surface area contributed by atoms with Crippen molar-refractivity contribution in [3.8, 4) is 17.1 Å². The Kier molecular flexibility index (Phi) is 7.82. The van der Waals surface area contributed by atoms with E-state index >= 15 is 0 Å². The summed E-state index contributed by atoms with van der Waals surface area (Å²) in [4.78, 5) is 33.6. The molecule has 5 rings (SSSR count). The number of benzene rings is 3. The number of amides is 1. The fraction of sp³-hybridized carbons (Fsp3) is 0.143. The van der Waals surface area contributed by atoms with Crippen LogP contribution >= 0.6 is 35.3 Å². The second-order valence-corrected chi connectivity index (χ2v) is 11.3. The quantitative estimate of drug-likeness (QED) is 0.143. The Morgan fingerprint density at radius 2 is 1.72 bits per heavy atom. The lowest BCUT2D eigenvalue weighted by molar-refractivity contribution is -0.113. The molecule has 1 N–H and O–H groups in total. The average Bonchev–Trinajstić information content (AvgIpc) is 3.28. The zero-order valence-corrected chi connectivity index (χ0v) is 23.9. The van der Waals surface area contributed by atoms with E-state index in [4.69, 9.17) is 21.9 Å². The van der Waals surface area contributed by atoms with Gasteiger partial charge in [-0.3, -0.25) is 18.7 Å². The van der Waals surface area contributed by atoms with Crippen LogP contribution in [0.3, 0.4) is 0 Å². The molecule has 0 radical (unpaired) electrons. The standard InChI is InChI=1S/C28H25N5O3S3/c1-31(2)19-15-13-18(14-16-19)29-23(34)17-38-27-30-25-24(26(35)32(27)20-9-5-4-6-10-20)39-28(37)33(25)21-11-7-8-12-22(21)36-3/h4-16H,17H2,1-3H3,(H,29,34). The predicted molar refractivity (Wildman–Crippen MR) is 162 cm³/mol. The molecular formula is C28H25N5O3S3. The van der Waals surface area contributed by atoms with Gasteiger partial charge in [0.05, 0.1) is 24.2 Å². The second kappa shape index (κ2) is 11.4. The van der Waals surface area contributed by atoms with Crippen molar-refractivity contribution in [3.63, 3.8) is 0 Å². The molecule has 0 spiro atoms. The molecule has 8 nitrogen and oxygen atoms in total. The Bertz CT molecular complexity index is 1760. The number of methoxy groups -OCH3 is 1. The smallest absolute Gasteiger partial charge is 0.278 e. The molecule has 0 saturated heterocycles. The Morgan fingerprint density at radius 3 is 2.41 bits per heavy atom. The molecule has 0 saturated carbocycles. The lowest BCUT2D eigenvalue weighted by Crippen LogP contribution is -2.22. The van der Waals surface area contributed by atoms with Gasteiger partial charge in [-0.1, -0.05) is 53.4 Å². The van der Waals surface area contributed by atoms with Crippen LogP contribution in [0.1, 0.15) is 0 Å². The summed E-state index contributed by atoms with van der Waals surface area (Å²) in [5, 5.41) is 3.30. The Balaban J connectivity index is 1.55. The third kappa shape index (κ3) is 5.47. The minimum Gasteiger partial charge on any atom is -0.495 e. The van der Waals surface area contributed by atoms with E-state index in [0.717, 1.165) is 5.69 Å². The van der Waals surface area contributed by atoms with Gasteiger partial charge in [-0.25, -0.2) is 4.98 Å². The fourth-order valence-corrected chi connectivity index (χ4v) is 6.13. The molecule has 0 aliphatic carbocycles.